The molecule has 1 aromatic heterocycles. The van der Waals surface area contributed by atoms with Crippen molar-refractivity contribution < 1.29 is 0 Å². The van der Waals surface area contributed by atoms with Gasteiger partial charge in [-0.3, -0.25) is 4.98 Å². The van der Waals surface area contributed by atoms with E-state index < -0.39 is 0 Å². The van der Waals surface area contributed by atoms with Gasteiger partial charge in [-0.05, 0) is 55.1 Å². The van der Waals surface area contributed by atoms with Crippen LogP contribution in [0.5, 0.6) is 0 Å². The summed E-state index contributed by atoms with van der Waals surface area (Å²) in [4.78, 5) is 4.55. The molecule has 0 aliphatic carbocycles. The largest absolute Gasteiger partial charge is 0.330 e. The molecule has 0 radical (unpaired) electrons. The molecule has 0 saturated heterocycles. The number of halogens is 1. The third kappa shape index (κ3) is 2.50. The van der Waals surface area contributed by atoms with Crippen LogP contribution < -0.4 is 5.73 Å². The zero-order valence-corrected chi connectivity index (χ0v) is 11.8. The van der Waals surface area contributed by atoms with Crippen molar-refractivity contribution in [2.45, 2.75) is 26.7 Å². The number of nitrogens with two attached hydrogens (primary N) is 1. The molecule has 3 heteroatoms. The van der Waals surface area contributed by atoms with Gasteiger partial charge in [-0.15, -0.1) is 0 Å². The van der Waals surface area contributed by atoms with Crippen molar-refractivity contribution in [2.75, 3.05) is 6.54 Å². The Morgan fingerprint density at radius 2 is 2.00 bits per heavy atom. The molecular formula is C15H19ClN2. The number of fused-ring (bicyclic) bond motifs is 1. The Balaban J connectivity index is 2.71. The van der Waals surface area contributed by atoms with E-state index in [1.54, 1.807) is 0 Å². The Kier molecular flexibility index (Phi) is 3.88. The van der Waals surface area contributed by atoms with Crippen LogP contribution in [-0.2, 0) is 0 Å². The molecule has 1 aromatic carbocycles. The molecule has 1 heterocycles. The van der Waals surface area contributed by atoms with Crippen LogP contribution in [0.25, 0.3) is 10.9 Å². The minimum absolute atomic E-state index is 0.340. The Bertz CT molecular complexity index is 564. The van der Waals surface area contributed by atoms with Gasteiger partial charge in [0.25, 0.3) is 0 Å². The molecule has 2 N–H and O–H groups in total. The van der Waals surface area contributed by atoms with E-state index in [4.69, 9.17) is 17.3 Å². The summed E-state index contributed by atoms with van der Waals surface area (Å²) in [7, 11) is 0. The second-order valence-electron chi connectivity index (χ2n) is 5.10. The number of rotatable bonds is 3. The Morgan fingerprint density at radius 3 is 2.61 bits per heavy atom. The van der Waals surface area contributed by atoms with Gasteiger partial charge in [-0.1, -0.05) is 25.4 Å². The summed E-state index contributed by atoms with van der Waals surface area (Å²) >= 11 is 6.10. The average molecular weight is 263 g/mol. The maximum absolute atomic E-state index is 6.10. The van der Waals surface area contributed by atoms with Gasteiger partial charge in [0.2, 0.25) is 0 Å². The van der Waals surface area contributed by atoms with Crippen molar-refractivity contribution >= 4 is 22.5 Å². The van der Waals surface area contributed by atoms with Gasteiger partial charge in [-0.25, -0.2) is 0 Å². The maximum atomic E-state index is 6.10. The molecule has 0 aliphatic heterocycles. The molecule has 0 amide bonds. The first-order valence-corrected chi connectivity index (χ1v) is 6.67. The number of hydrogen-bond donors (Lipinski definition) is 1. The van der Waals surface area contributed by atoms with Gasteiger partial charge in [0, 0.05) is 16.1 Å². The molecule has 18 heavy (non-hydrogen) atoms. The minimum atomic E-state index is 0.340. The summed E-state index contributed by atoms with van der Waals surface area (Å²) < 4.78 is 0. The predicted octanol–water partition coefficient (Wildman–Crippen LogP) is 3.89. The van der Waals surface area contributed by atoms with E-state index in [-0.39, 0.29) is 0 Å². The normalized spacial score (nSPS) is 13.2. The Morgan fingerprint density at radius 1 is 1.28 bits per heavy atom. The zero-order valence-electron chi connectivity index (χ0n) is 11.1. The van der Waals surface area contributed by atoms with Gasteiger partial charge >= 0.3 is 0 Å². The number of aryl methyl sites for hydroxylation is 1. The van der Waals surface area contributed by atoms with E-state index in [1.807, 2.05) is 25.1 Å². The molecule has 2 aromatic rings. The van der Waals surface area contributed by atoms with Crippen LogP contribution in [0, 0.1) is 12.8 Å². The van der Waals surface area contributed by atoms with Crippen molar-refractivity contribution in [3.63, 3.8) is 0 Å². The lowest BCUT2D eigenvalue weighted by molar-refractivity contribution is 0.509. The maximum Gasteiger partial charge on any atom is 0.0709 e. The van der Waals surface area contributed by atoms with Gasteiger partial charge in [-0.2, -0.15) is 0 Å². The van der Waals surface area contributed by atoms with Gasteiger partial charge < -0.3 is 5.73 Å². The highest BCUT2D eigenvalue weighted by Crippen LogP contribution is 2.31. The fourth-order valence-electron chi connectivity index (χ4n) is 2.43. The van der Waals surface area contributed by atoms with E-state index in [2.05, 4.69) is 24.9 Å². The molecule has 1 unspecified atom stereocenters. The molecule has 0 fully saturated rings. The highest BCUT2D eigenvalue weighted by molar-refractivity contribution is 6.31. The molecule has 96 valence electrons. The van der Waals surface area contributed by atoms with Crippen molar-refractivity contribution in [3.05, 3.63) is 40.5 Å². The number of hydrogen-bond acceptors (Lipinski definition) is 2. The van der Waals surface area contributed by atoms with E-state index in [9.17, 15) is 0 Å². The summed E-state index contributed by atoms with van der Waals surface area (Å²) in [5, 5.41) is 1.87. The van der Waals surface area contributed by atoms with Gasteiger partial charge in [0.05, 0.1) is 5.52 Å². The molecule has 1 atom stereocenters. The number of nitrogens with zero attached hydrogens (tertiary/aromatic N) is 1. The van der Waals surface area contributed by atoms with Crippen LogP contribution in [0.2, 0.25) is 5.02 Å². The summed E-state index contributed by atoms with van der Waals surface area (Å²) in [5.41, 5.74) is 9.21. The highest BCUT2D eigenvalue weighted by Gasteiger charge is 2.17. The van der Waals surface area contributed by atoms with Crippen LogP contribution >= 0.6 is 11.6 Å². The first kappa shape index (κ1) is 13.3. The van der Waals surface area contributed by atoms with Gasteiger partial charge in [0.1, 0.15) is 0 Å². The molecule has 0 aliphatic rings. The van der Waals surface area contributed by atoms with Crippen LogP contribution in [-0.4, -0.2) is 11.5 Å². The van der Waals surface area contributed by atoms with E-state index in [1.165, 1.54) is 5.56 Å². The summed E-state index contributed by atoms with van der Waals surface area (Å²) in [6, 6.07) is 7.98. The second kappa shape index (κ2) is 5.25. The van der Waals surface area contributed by atoms with E-state index >= 15 is 0 Å². The predicted molar refractivity (Wildman–Crippen MR) is 78.1 cm³/mol. The fraction of sp³-hybridized carbons (Fsp3) is 0.400. The molecular weight excluding hydrogens is 244 g/mol. The minimum Gasteiger partial charge on any atom is -0.330 e. The van der Waals surface area contributed by atoms with Crippen molar-refractivity contribution in [2.24, 2.45) is 11.7 Å². The van der Waals surface area contributed by atoms with Gasteiger partial charge in [0.15, 0.2) is 0 Å². The lowest BCUT2D eigenvalue weighted by Gasteiger charge is -2.21. The topological polar surface area (TPSA) is 38.9 Å². The van der Waals surface area contributed by atoms with Crippen LogP contribution in [0.4, 0.5) is 0 Å². The smallest absolute Gasteiger partial charge is 0.0709 e. The SMILES string of the molecule is Cc1cc(C(CN)C(C)C)c2cc(Cl)ccc2n1. The highest BCUT2D eigenvalue weighted by atomic mass is 35.5. The van der Waals surface area contributed by atoms with Crippen molar-refractivity contribution in [1.29, 1.82) is 0 Å². The van der Waals surface area contributed by atoms with E-state index in [0.29, 0.717) is 18.4 Å². The van der Waals surface area contributed by atoms with Crippen LogP contribution in [0.3, 0.4) is 0 Å². The third-order valence-electron chi connectivity index (χ3n) is 3.39. The van der Waals surface area contributed by atoms with Crippen molar-refractivity contribution in [1.82, 2.24) is 4.98 Å². The number of benzene rings is 1. The number of pyridine rings is 1. The lowest BCUT2D eigenvalue weighted by atomic mass is 9.86. The Labute approximate surface area is 113 Å². The summed E-state index contributed by atoms with van der Waals surface area (Å²) in [6.07, 6.45) is 0. The molecule has 2 rings (SSSR count). The van der Waals surface area contributed by atoms with E-state index in [0.717, 1.165) is 21.6 Å². The Hall–Kier alpha value is -1.12. The molecule has 0 spiro atoms. The summed E-state index contributed by atoms with van der Waals surface area (Å²) in [6.45, 7) is 7.06. The fourth-order valence-corrected chi connectivity index (χ4v) is 2.60. The van der Waals surface area contributed by atoms with Crippen LogP contribution in [0.15, 0.2) is 24.3 Å². The standard InChI is InChI=1S/C15H19ClN2/c1-9(2)14(8-17)12-6-10(3)18-15-5-4-11(16)7-13(12)15/h4-7,9,14H,8,17H2,1-3H3. The van der Waals surface area contributed by atoms with Crippen molar-refractivity contribution in [3.8, 4) is 0 Å². The third-order valence-corrected chi connectivity index (χ3v) is 3.62. The molecule has 0 bridgehead atoms. The average Bonchev–Trinajstić information content (AvgIpc) is 2.30. The zero-order chi connectivity index (χ0) is 13.3. The molecule has 2 nitrogen and oxygen atoms in total. The first-order chi connectivity index (χ1) is 8.52. The second-order valence-corrected chi connectivity index (χ2v) is 5.54. The molecule has 0 saturated carbocycles. The van der Waals surface area contributed by atoms with Crippen LogP contribution in [0.1, 0.15) is 31.0 Å². The summed E-state index contributed by atoms with van der Waals surface area (Å²) in [5.74, 6) is 0.839. The lowest BCUT2D eigenvalue weighted by Crippen LogP contribution is -2.18. The first-order valence-electron chi connectivity index (χ1n) is 6.29. The number of aromatic nitrogens is 1. The monoisotopic (exact) mass is 262 g/mol. The quantitative estimate of drug-likeness (QED) is 0.911.